The summed E-state index contributed by atoms with van der Waals surface area (Å²) in [5.74, 6) is 0.723. The van der Waals surface area contributed by atoms with Crippen molar-refractivity contribution >= 4 is 29.2 Å². The zero-order valence-electron chi connectivity index (χ0n) is 12.7. The van der Waals surface area contributed by atoms with Crippen LogP contribution in [0.15, 0.2) is 23.4 Å². The van der Waals surface area contributed by atoms with E-state index in [4.69, 9.17) is 26.3 Å². The molecule has 1 aliphatic heterocycles. The van der Waals surface area contributed by atoms with Gasteiger partial charge in [0.05, 0.1) is 33.4 Å². The maximum Gasteiger partial charge on any atom is 0.199 e. The molecule has 1 saturated heterocycles. The molecule has 0 amide bonds. The number of ether oxygens (including phenoxy) is 2. The molecular formula is C16H17ClN2O3S. The van der Waals surface area contributed by atoms with Gasteiger partial charge in [-0.2, -0.15) is 0 Å². The molecule has 0 spiro atoms. The van der Waals surface area contributed by atoms with Crippen LogP contribution in [-0.4, -0.2) is 29.3 Å². The SMILES string of the molecule is Cc1nc(-c2sc(Cl)cc2C=NO)ccc1OC1CCCCO1. The average Bonchev–Trinajstić information content (AvgIpc) is 2.91. The van der Waals surface area contributed by atoms with Crippen LogP contribution in [0.4, 0.5) is 0 Å². The van der Waals surface area contributed by atoms with E-state index in [0.29, 0.717) is 4.34 Å². The molecule has 3 rings (SSSR count). The van der Waals surface area contributed by atoms with Gasteiger partial charge in [-0.25, -0.2) is 4.98 Å². The fraction of sp³-hybridized carbons (Fsp3) is 0.375. The molecule has 0 radical (unpaired) electrons. The summed E-state index contributed by atoms with van der Waals surface area (Å²) in [6.07, 6.45) is 4.27. The van der Waals surface area contributed by atoms with Crippen LogP contribution < -0.4 is 4.74 Å². The summed E-state index contributed by atoms with van der Waals surface area (Å²) >= 11 is 7.45. The number of halogens is 1. The Morgan fingerprint density at radius 3 is 3.04 bits per heavy atom. The van der Waals surface area contributed by atoms with Crippen LogP contribution in [0.2, 0.25) is 4.34 Å². The predicted octanol–water partition coefficient (Wildman–Crippen LogP) is 4.49. The third kappa shape index (κ3) is 3.83. The van der Waals surface area contributed by atoms with Crippen molar-refractivity contribution in [2.24, 2.45) is 5.16 Å². The van der Waals surface area contributed by atoms with Gasteiger partial charge in [0.2, 0.25) is 0 Å². The highest BCUT2D eigenvalue weighted by molar-refractivity contribution is 7.19. The van der Waals surface area contributed by atoms with Crippen LogP contribution in [0.3, 0.4) is 0 Å². The number of rotatable bonds is 4. The molecule has 0 aromatic carbocycles. The lowest BCUT2D eigenvalue weighted by molar-refractivity contribution is -0.106. The number of aromatic nitrogens is 1. The minimum absolute atomic E-state index is 0.191. The largest absolute Gasteiger partial charge is 0.463 e. The van der Waals surface area contributed by atoms with Gasteiger partial charge in [-0.1, -0.05) is 16.8 Å². The van der Waals surface area contributed by atoms with Gasteiger partial charge in [0.25, 0.3) is 0 Å². The van der Waals surface area contributed by atoms with Crippen molar-refractivity contribution in [3.63, 3.8) is 0 Å². The maximum absolute atomic E-state index is 8.76. The molecule has 23 heavy (non-hydrogen) atoms. The minimum atomic E-state index is -0.191. The molecular weight excluding hydrogens is 336 g/mol. The molecule has 122 valence electrons. The molecule has 1 aliphatic rings. The zero-order valence-corrected chi connectivity index (χ0v) is 14.2. The number of pyridine rings is 1. The standard InChI is InChI=1S/C16H17ClN2O3S/c1-10-13(22-15-4-2-3-7-21-15)6-5-12(19-10)16-11(9-18-20)8-14(17)23-16/h5-6,8-9,15,20H,2-4,7H2,1H3. The first-order valence-corrected chi connectivity index (χ1v) is 8.60. The minimum Gasteiger partial charge on any atom is -0.463 e. The van der Waals surface area contributed by atoms with Gasteiger partial charge in [0, 0.05) is 12.0 Å². The van der Waals surface area contributed by atoms with Crippen LogP contribution in [0, 0.1) is 6.92 Å². The number of oxime groups is 1. The average molecular weight is 353 g/mol. The lowest BCUT2D eigenvalue weighted by Crippen LogP contribution is -2.25. The molecule has 0 bridgehead atoms. The first kappa shape index (κ1) is 16.2. The van der Waals surface area contributed by atoms with E-state index in [1.807, 2.05) is 19.1 Å². The van der Waals surface area contributed by atoms with Crippen molar-refractivity contribution in [1.82, 2.24) is 4.98 Å². The summed E-state index contributed by atoms with van der Waals surface area (Å²) in [6.45, 7) is 2.64. The van der Waals surface area contributed by atoms with E-state index in [1.165, 1.54) is 17.6 Å². The van der Waals surface area contributed by atoms with Gasteiger partial charge in [0.15, 0.2) is 6.29 Å². The molecule has 2 aromatic heterocycles. The molecule has 1 unspecified atom stereocenters. The van der Waals surface area contributed by atoms with Crippen LogP contribution in [0.5, 0.6) is 5.75 Å². The second kappa shape index (κ2) is 7.29. The first-order chi connectivity index (χ1) is 11.2. The van der Waals surface area contributed by atoms with Gasteiger partial charge in [-0.3, -0.25) is 0 Å². The Labute approximate surface area is 143 Å². The summed E-state index contributed by atoms with van der Waals surface area (Å²) in [5, 5.41) is 11.8. The molecule has 2 aromatic rings. The maximum atomic E-state index is 8.76. The molecule has 0 saturated carbocycles. The summed E-state index contributed by atoms with van der Waals surface area (Å²) in [4.78, 5) is 5.45. The molecule has 3 heterocycles. The fourth-order valence-corrected chi connectivity index (χ4v) is 3.65. The van der Waals surface area contributed by atoms with Gasteiger partial charge in [-0.05, 0) is 38.0 Å². The second-order valence-corrected chi connectivity index (χ2v) is 6.96. The number of hydrogen-bond donors (Lipinski definition) is 1. The highest BCUT2D eigenvalue weighted by Gasteiger charge is 2.17. The smallest absolute Gasteiger partial charge is 0.199 e. The molecule has 1 atom stereocenters. The molecule has 1 N–H and O–H groups in total. The molecule has 0 aliphatic carbocycles. The first-order valence-electron chi connectivity index (χ1n) is 7.40. The van der Waals surface area contributed by atoms with E-state index < -0.39 is 0 Å². The second-order valence-electron chi connectivity index (χ2n) is 5.27. The Hall–Kier alpha value is -1.63. The Morgan fingerprint density at radius 1 is 1.48 bits per heavy atom. The highest BCUT2D eigenvalue weighted by atomic mass is 35.5. The zero-order chi connectivity index (χ0) is 16.2. The van der Waals surface area contributed by atoms with Gasteiger partial charge >= 0.3 is 0 Å². The van der Waals surface area contributed by atoms with Gasteiger partial charge in [-0.15, -0.1) is 11.3 Å². The summed E-state index contributed by atoms with van der Waals surface area (Å²) in [6, 6.07) is 5.52. The van der Waals surface area contributed by atoms with Crippen molar-refractivity contribution < 1.29 is 14.7 Å². The lowest BCUT2D eigenvalue weighted by atomic mass is 10.2. The van der Waals surface area contributed by atoms with E-state index >= 15 is 0 Å². The lowest BCUT2D eigenvalue weighted by Gasteiger charge is -2.24. The van der Waals surface area contributed by atoms with Crippen molar-refractivity contribution in [2.45, 2.75) is 32.5 Å². The fourth-order valence-electron chi connectivity index (χ4n) is 2.48. The third-order valence-corrected chi connectivity index (χ3v) is 4.90. The van der Waals surface area contributed by atoms with Crippen molar-refractivity contribution in [3.8, 4) is 16.3 Å². The van der Waals surface area contributed by atoms with Crippen molar-refractivity contribution in [3.05, 3.63) is 33.8 Å². The predicted molar refractivity (Wildman–Crippen MR) is 90.9 cm³/mol. The Kier molecular flexibility index (Phi) is 5.15. The molecule has 7 heteroatoms. The normalized spacial score (nSPS) is 18.4. The Bertz CT molecular complexity index is 711. The Morgan fingerprint density at radius 2 is 2.35 bits per heavy atom. The summed E-state index contributed by atoms with van der Waals surface area (Å²) in [5.41, 5.74) is 2.29. The molecule has 1 fully saturated rings. The summed E-state index contributed by atoms with van der Waals surface area (Å²) < 4.78 is 12.1. The topological polar surface area (TPSA) is 63.9 Å². The van der Waals surface area contributed by atoms with E-state index in [2.05, 4.69) is 10.1 Å². The van der Waals surface area contributed by atoms with Crippen LogP contribution in [0.1, 0.15) is 30.5 Å². The van der Waals surface area contributed by atoms with Crippen molar-refractivity contribution in [2.75, 3.05) is 6.61 Å². The van der Waals surface area contributed by atoms with E-state index in [1.54, 1.807) is 6.07 Å². The number of hydrogen-bond acceptors (Lipinski definition) is 6. The quantitative estimate of drug-likeness (QED) is 0.500. The highest BCUT2D eigenvalue weighted by Crippen LogP contribution is 2.35. The van der Waals surface area contributed by atoms with E-state index in [-0.39, 0.29) is 6.29 Å². The number of aryl methyl sites for hydroxylation is 1. The Balaban J connectivity index is 1.84. The van der Waals surface area contributed by atoms with Crippen molar-refractivity contribution in [1.29, 1.82) is 0 Å². The van der Waals surface area contributed by atoms with Gasteiger partial charge in [0.1, 0.15) is 5.75 Å². The van der Waals surface area contributed by atoms with Crippen LogP contribution >= 0.6 is 22.9 Å². The summed E-state index contributed by atoms with van der Waals surface area (Å²) in [7, 11) is 0. The van der Waals surface area contributed by atoms with Crippen LogP contribution in [0.25, 0.3) is 10.6 Å². The van der Waals surface area contributed by atoms with Gasteiger partial charge < -0.3 is 14.7 Å². The molecule has 5 nitrogen and oxygen atoms in total. The monoisotopic (exact) mass is 352 g/mol. The number of nitrogens with zero attached hydrogens (tertiary/aromatic N) is 2. The number of thiophene rings is 1. The third-order valence-electron chi connectivity index (χ3n) is 3.59. The van der Waals surface area contributed by atoms with Crippen LogP contribution in [-0.2, 0) is 4.74 Å². The van der Waals surface area contributed by atoms with E-state index in [0.717, 1.165) is 53.4 Å². The van der Waals surface area contributed by atoms with E-state index in [9.17, 15) is 0 Å².